The molecule has 0 saturated heterocycles. The molecule has 1 N–H and O–H groups in total. The number of para-hydroxylation sites is 1. The van der Waals surface area contributed by atoms with Crippen molar-refractivity contribution in [1.82, 2.24) is 4.90 Å². The van der Waals surface area contributed by atoms with Gasteiger partial charge in [-0.15, -0.1) is 0 Å². The monoisotopic (exact) mass is 261 g/mol. The average Bonchev–Trinajstić information content (AvgIpc) is 2.80. The molecule has 1 heterocycles. The third-order valence-corrected chi connectivity index (χ3v) is 2.95. The average molecular weight is 261 g/mol. The Morgan fingerprint density at radius 1 is 1.37 bits per heavy atom. The van der Waals surface area contributed by atoms with Crippen LogP contribution in [0.15, 0.2) is 28.7 Å². The maximum absolute atomic E-state index is 12.2. The van der Waals surface area contributed by atoms with Crippen molar-refractivity contribution in [3.05, 3.63) is 35.6 Å². The van der Waals surface area contributed by atoms with Crippen LogP contribution < -0.4 is 0 Å². The van der Waals surface area contributed by atoms with E-state index in [4.69, 9.17) is 9.52 Å². The molecule has 5 nitrogen and oxygen atoms in total. The molecule has 0 aliphatic carbocycles. The van der Waals surface area contributed by atoms with Gasteiger partial charge in [0.1, 0.15) is 12.1 Å². The van der Waals surface area contributed by atoms with Gasteiger partial charge < -0.3 is 14.4 Å². The zero-order valence-corrected chi connectivity index (χ0v) is 10.8. The molecule has 5 heteroatoms. The lowest BCUT2D eigenvalue weighted by molar-refractivity contribution is -0.137. The topological polar surface area (TPSA) is 70.8 Å². The molecule has 0 aliphatic rings. The number of benzene rings is 1. The van der Waals surface area contributed by atoms with Gasteiger partial charge in [0.05, 0.1) is 0 Å². The van der Waals surface area contributed by atoms with Gasteiger partial charge in [0.15, 0.2) is 5.76 Å². The molecule has 0 unspecified atom stereocenters. The van der Waals surface area contributed by atoms with E-state index >= 15 is 0 Å². The summed E-state index contributed by atoms with van der Waals surface area (Å²) < 4.78 is 5.54. The molecule has 0 aliphatic heterocycles. The van der Waals surface area contributed by atoms with Gasteiger partial charge in [0.25, 0.3) is 5.91 Å². The number of aryl methyl sites for hydroxylation is 1. The molecule has 0 fully saturated rings. The molecule has 2 aromatic rings. The van der Waals surface area contributed by atoms with Crippen molar-refractivity contribution in [2.45, 2.75) is 13.8 Å². The van der Waals surface area contributed by atoms with E-state index in [0.717, 1.165) is 10.9 Å². The van der Waals surface area contributed by atoms with Crippen molar-refractivity contribution in [3.8, 4) is 0 Å². The van der Waals surface area contributed by atoms with Crippen molar-refractivity contribution < 1.29 is 19.1 Å². The Hall–Kier alpha value is -2.30. The Bertz CT molecular complexity index is 629. The molecule has 2 rings (SSSR count). The molecule has 1 aromatic heterocycles. The van der Waals surface area contributed by atoms with Gasteiger partial charge in [-0.25, -0.2) is 0 Å². The standard InChI is InChI=1S/C14H15NO4/c1-3-15(8-12(16)17)14(18)11-7-10-6-4-5-9(2)13(10)19-11/h4-7H,3,8H2,1-2H3,(H,16,17). The maximum atomic E-state index is 12.2. The predicted molar refractivity (Wildman–Crippen MR) is 70.2 cm³/mol. The van der Waals surface area contributed by atoms with E-state index in [9.17, 15) is 9.59 Å². The number of carbonyl (C=O) groups is 2. The molecule has 0 bridgehead atoms. The summed E-state index contributed by atoms with van der Waals surface area (Å²) in [4.78, 5) is 24.1. The van der Waals surface area contributed by atoms with Gasteiger partial charge in [-0.05, 0) is 25.5 Å². The molecule has 19 heavy (non-hydrogen) atoms. The number of rotatable bonds is 4. The molecule has 1 amide bonds. The lowest BCUT2D eigenvalue weighted by Gasteiger charge is -2.16. The van der Waals surface area contributed by atoms with Crippen molar-refractivity contribution >= 4 is 22.8 Å². The molecule has 0 atom stereocenters. The fraction of sp³-hybridized carbons (Fsp3) is 0.286. The van der Waals surface area contributed by atoms with Crippen LogP contribution in [0.3, 0.4) is 0 Å². The first-order valence-electron chi connectivity index (χ1n) is 6.03. The van der Waals surface area contributed by atoms with Crippen LogP contribution in [0.5, 0.6) is 0 Å². The number of likely N-dealkylation sites (N-methyl/N-ethyl adjacent to an activating group) is 1. The Labute approximate surface area is 110 Å². The van der Waals surface area contributed by atoms with Crippen molar-refractivity contribution in [2.24, 2.45) is 0 Å². The zero-order chi connectivity index (χ0) is 14.0. The van der Waals surface area contributed by atoms with Gasteiger partial charge in [-0.2, -0.15) is 0 Å². The fourth-order valence-electron chi connectivity index (χ4n) is 1.96. The van der Waals surface area contributed by atoms with Crippen molar-refractivity contribution in [1.29, 1.82) is 0 Å². The number of carboxylic acid groups (broad SMARTS) is 1. The minimum atomic E-state index is -1.04. The van der Waals surface area contributed by atoms with E-state index in [-0.39, 0.29) is 12.3 Å². The van der Waals surface area contributed by atoms with Crippen LogP contribution in [-0.4, -0.2) is 35.0 Å². The number of carbonyl (C=O) groups excluding carboxylic acids is 1. The van der Waals surface area contributed by atoms with Crippen LogP contribution in [-0.2, 0) is 4.79 Å². The highest BCUT2D eigenvalue weighted by Crippen LogP contribution is 2.23. The highest BCUT2D eigenvalue weighted by Gasteiger charge is 2.20. The van der Waals surface area contributed by atoms with Crippen LogP contribution in [0.25, 0.3) is 11.0 Å². The first-order chi connectivity index (χ1) is 9.02. The van der Waals surface area contributed by atoms with Gasteiger partial charge in [-0.1, -0.05) is 18.2 Å². The SMILES string of the molecule is CCN(CC(=O)O)C(=O)c1cc2cccc(C)c2o1. The number of hydrogen-bond acceptors (Lipinski definition) is 3. The molecule has 0 spiro atoms. The number of hydrogen-bond donors (Lipinski definition) is 1. The first kappa shape index (κ1) is 13.1. The normalized spacial score (nSPS) is 10.6. The second-order valence-electron chi connectivity index (χ2n) is 4.32. The number of furan rings is 1. The minimum Gasteiger partial charge on any atom is -0.480 e. The van der Waals surface area contributed by atoms with Crippen LogP contribution in [0.4, 0.5) is 0 Å². The van der Waals surface area contributed by atoms with Crippen molar-refractivity contribution in [3.63, 3.8) is 0 Å². The van der Waals surface area contributed by atoms with E-state index in [0.29, 0.717) is 12.1 Å². The van der Waals surface area contributed by atoms with E-state index in [1.54, 1.807) is 13.0 Å². The van der Waals surface area contributed by atoms with E-state index in [2.05, 4.69) is 0 Å². The summed E-state index contributed by atoms with van der Waals surface area (Å²) in [5, 5.41) is 9.61. The summed E-state index contributed by atoms with van der Waals surface area (Å²) in [5.74, 6) is -1.27. The predicted octanol–water partition coefficient (Wildman–Crippen LogP) is 2.29. The summed E-state index contributed by atoms with van der Waals surface area (Å²) in [6.07, 6.45) is 0. The smallest absolute Gasteiger partial charge is 0.323 e. The van der Waals surface area contributed by atoms with Crippen LogP contribution in [0, 0.1) is 6.92 Å². The number of carboxylic acids is 1. The Kier molecular flexibility index (Phi) is 3.55. The first-order valence-corrected chi connectivity index (χ1v) is 6.03. The molecule has 100 valence electrons. The third-order valence-electron chi connectivity index (χ3n) is 2.95. The lowest BCUT2D eigenvalue weighted by atomic mass is 10.2. The lowest BCUT2D eigenvalue weighted by Crippen LogP contribution is -2.35. The van der Waals surface area contributed by atoms with E-state index in [1.165, 1.54) is 4.90 Å². The van der Waals surface area contributed by atoms with E-state index in [1.807, 2.05) is 25.1 Å². The van der Waals surface area contributed by atoms with Crippen molar-refractivity contribution in [2.75, 3.05) is 13.1 Å². The Balaban J connectivity index is 2.35. The number of nitrogens with zero attached hydrogens (tertiary/aromatic N) is 1. The molecular formula is C14H15NO4. The van der Waals surface area contributed by atoms with Crippen LogP contribution in [0.2, 0.25) is 0 Å². The highest BCUT2D eigenvalue weighted by molar-refractivity contribution is 5.97. The molecule has 1 aromatic carbocycles. The van der Waals surface area contributed by atoms with Gasteiger partial charge >= 0.3 is 5.97 Å². The Morgan fingerprint density at radius 2 is 2.11 bits per heavy atom. The minimum absolute atomic E-state index is 0.174. The summed E-state index contributed by atoms with van der Waals surface area (Å²) in [6, 6.07) is 7.29. The second kappa shape index (κ2) is 5.14. The largest absolute Gasteiger partial charge is 0.480 e. The van der Waals surface area contributed by atoms with Crippen LogP contribution >= 0.6 is 0 Å². The maximum Gasteiger partial charge on any atom is 0.323 e. The highest BCUT2D eigenvalue weighted by atomic mass is 16.4. The molecular weight excluding hydrogens is 246 g/mol. The van der Waals surface area contributed by atoms with Gasteiger partial charge in [0, 0.05) is 11.9 Å². The quantitative estimate of drug-likeness (QED) is 0.916. The van der Waals surface area contributed by atoms with E-state index < -0.39 is 11.9 Å². The zero-order valence-electron chi connectivity index (χ0n) is 10.8. The van der Waals surface area contributed by atoms with Gasteiger partial charge in [0.2, 0.25) is 0 Å². The number of amides is 1. The summed E-state index contributed by atoms with van der Waals surface area (Å²) >= 11 is 0. The Morgan fingerprint density at radius 3 is 2.68 bits per heavy atom. The number of fused-ring (bicyclic) bond motifs is 1. The second-order valence-corrected chi connectivity index (χ2v) is 4.32. The molecule has 0 saturated carbocycles. The van der Waals surface area contributed by atoms with Crippen LogP contribution in [0.1, 0.15) is 23.0 Å². The third kappa shape index (κ3) is 2.59. The summed E-state index contributed by atoms with van der Waals surface area (Å²) in [5.41, 5.74) is 1.61. The molecule has 0 radical (unpaired) electrons. The number of aliphatic carboxylic acids is 1. The van der Waals surface area contributed by atoms with Gasteiger partial charge in [-0.3, -0.25) is 9.59 Å². The summed E-state index contributed by atoms with van der Waals surface area (Å²) in [7, 11) is 0. The fourth-order valence-corrected chi connectivity index (χ4v) is 1.96. The summed E-state index contributed by atoms with van der Waals surface area (Å²) in [6.45, 7) is 3.62.